The maximum Gasteiger partial charge on any atom is 0.287 e. The van der Waals surface area contributed by atoms with Crippen LogP contribution in [0.3, 0.4) is 0 Å². The summed E-state index contributed by atoms with van der Waals surface area (Å²) >= 11 is 0. The lowest BCUT2D eigenvalue weighted by Gasteiger charge is -2.09. The van der Waals surface area contributed by atoms with Crippen LogP contribution in [-0.2, 0) is 0 Å². The van der Waals surface area contributed by atoms with E-state index in [1.807, 2.05) is 32.0 Å². The lowest BCUT2D eigenvalue weighted by atomic mass is 10.2. The zero-order chi connectivity index (χ0) is 13.1. The molecule has 0 radical (unpaired) electrons. The predicted molar refractivity (Wildman–Crippen MR) is 70.0 cm³/mol. The molecule has 1 atom stereocenters. The van der Waals surface area contributed by atoms with Gasteiger partial charge < -0.3 is 14.5 Å². The van der Waals surface area contributed by atoms with Crippen molar-refractivity contribution in [3.05, 3.63) is 30.0 Å². The summed E-state index contributed by atoms with van der Waals surface area (Å²) in [6.07, 6.45) is 0.884. The zero-order valence-corrected chi connectivity index (χ0v) is 10.8. The molecule has 0 aliphatic carbocycles. The second-order valence-corrected chi connectivity index (χ2v) is 4.27. The maximum absolute atomic E-state index is 11.9. The highest BCUT2D eigenvalue weighted by atomic mass is 16.5. The Balaban J connectivity index is 2.32. The molecule has 96 valence electrons. The molecular formula is C14H17NO3. The van der Waals surface area contributed by atoms with Crippen LogP contribution in [0.5, 0.6) is 5.75 Å². The van der Waals surface area contributed by atoms with Crippen LogP contribution in [0.25, 0.3) is 11.0 Å². The fourth-order valence-corrected chi connectivity index (χ4v) is 1.71. The average Bonchev–Trinajstić information content (AvgIpc) is 2.82. The van der Waals surface area contributed by atoms with E-state index in [2.05, 4.69) is 5.32 Å². The van der Waals surface area contributed by atoms with E-state index < -0.39 is 0 Å². The SMILES string of the molecule is CCC(C)NC(=O)c1cc2cccc(OC)c2o1. The van der Waals surface area contributed by atoms with Gasteiger partial charge in [-0.25, -0.2) is 0 Å². The van der Waals surface area contributed by atoms with Crippen LogP contribution in [0.15, 0.2) is 28.7 Å². The molecule has 0 saturated carbocycles. The Morgan fingerprint density at radius 3 is 2.94 bits per heavy atom. The highest BCUT2D eigenvalue weighted by molar-refractivity contribution is 5.97. The molecule has 18 heavy (non-hydrogen) atoms. The van der Waals surface area contributed by atoms with E-state index in [1.54, 1.807) is 13.2 Å². The highest BCUT2D eigenvalue weighted by Gasteiger charge is 2.15. The number of hydrogen-bond acceptors (Lipinski definition) is 3. The van der Waals surface area contributed by atoms with Crippen LogP contribution in [0.1, 0.15) is 30.8 Å². The summed E-state index contributed by atoms with van der Waals surface area (Å²) in [5.74, 6) is 0.757. The Kier molecular flexibility index (Phi) is 3.55. The van der Waals surface area contributed by atoms with Crippen molar-refractivity contribution in [1.29, 1.82) is 0 Å². The van der Waals surface area contributed by atoms with Gasteiger partial charge in [0.25, 0.3) is 5.91 Å². The van der Waals surface area contributed by atoms with Crippen molar-refractivity contribution in [1.82, 2.24) is 5.32 Å². The molecule has 0 bridgehead atoms. The summed E-state index contributed by atoms with van der Waals surface area (Å²) in [6, 6.07) is 7.43. The number of para-hydroxylation sites is 1. The van der Waals surface area contributed by atoms with Crippen LogP contribution in [0.2, 0.25) is 0 Å². The zero-order valence-electron chi connectivity index (χ0n) is 10.8. The number of carbonyl (C=O) groups excluding carboxylic acids is 1. The summed E-state index contributed by atoms with van der Waals surface area (Å²) < 4.78 is 10.8. The molecule has 0 aliphatic rings. The maximum atomic E-state index is 11.9. The molecule has 4 heteroatoms. The predicted octanol–water partition coefficient (Wildman–Crippen LogP) is 2.97. The Morgan fingerprint density at radius 1 is 1.50 bits per heavy atom. The van der Waals surface area contributed by atoms with E-state index in [1.165, 1.54) is 0 Å². The highest BCUT2D eigenvalue weighted by Crippen LogP contribution is 2.28. The molecule has 2 aromatic rings. The first kappa shape index (κ1) is 12.5. The molecule has 0 fully saturated rings. The van der Waals surface area contributed by atoms with E-state index >= 15 is 0 Å². The number of benzene rings is 1. The standard InChI is InChI=1S/C14H17NO3/c1-4-9(2)15-14(16)12-8-10-6-5-7-11(17-3)13(10)18-12/h5-9H,4H2,1-3H3,(H,15,16). The number of furan rings is 1. The van der Waals surface area contributed by atoms with Gasteiger partial charge in [-0.2, -0.15) is 0 Å². The van der Waals surface area contributed by atoms with Gasteiger partial charge in [0.2, 0.25) is 0 Å². The normalized spacial score (nSPS) is 12.4. The molecule has 1 heterocycles. The number of rotatable bonds is 4. The van der Waals surface area contributed by atoms with Gasteiger partial charge in [0, 0.05) is 11.4 Å². The fraction of sp³-hybridized carbons (Fsp3) is 0.357. The monoisotopic (exact) mass is 247 g/mol. The molecule has 2 rings (SSSR count). The molecule has 4 nitrogen and oxygen atoms in total. The van der Waals surface area contributed by atoms with Crippen LogP contribution in [0, 0.1) is 0 Å². The summed E-state index contributed by atoms with van der Waals surface area (Å²) in [5, 5.41) is 3.74. The molecule has 0 aliphatic heterocycles. The first-order chi connectivity index (χ1) is 8.65. The minimum atomic E-state index is -0.192. The molecule has 0 saturated heterocycles. The number of methoxy groups -OCH3 is 1. The lowest BCUT2D eigenvalue weighted by molar-refractivity contribution is 0.0913. The van der Waals surface area contributed by atoms with Gasteiger partial charge in [0.1, 0.15) is 0 Å². The Labute approximate surface area is 106 Å². The van der Waals surface area contributed by atoms with Crippen molar-refractivity contribution >= 4 is 16.9 Å². The summed E-state index contributed by atoms with van der Waals surface area (Å²) in [6.45, 7) is 3.98. The van der Waals surface area contributed by atoms with Crippen LogP contribution in [0.4, 0.5) is 0 Å². The average molecular weight is 247 g/mol. The van der Waals surface area contributed by atoms with Crippen molar-refractivity contribution in [3.63, 3.8) is 0 Å². The van der Waals surface area contributed by atoms with Crippen LogP contribution in [-0.4, -0.2) is 19.1 Å². The molecule has 1 amide bonds. The minimum Gasteiger partial charge on any atom is -0.493 e. The van der Waals surface area contributed by atoms with Gasteiger partial charge in [-0.1, -0.05) is 19.1 Å². The Morgan fingerprint density at radius 2 is 2.28 bits per heavy atom. The number of carbonyl (C=O) groups is 1. The summed E-state index contributed by atoms with van der Waals surface area (Å²) in [4.78, 5) is 11.9. The molecule has 1 unspecified atom stereocenters. The van der Waals surface area contributed by atoms with Gasteiger partial charge in [0.05, 0.1) is 7.11 Å². The Hall–Kier alpha value is -1.97. The molecule has 0 spiro atoms. The van der Waals surface area contributed by atoms with Crippen molar-refractivity contribution in [3.8, 4) is 5.75 Å². The van der Waals surface area contributed by atoms with Gasteiger partial charge in [0.15, 0.2) is 17.1 Å². The second kappa shape index (κ2) is 5.12. The third kappa shape index (κ3) is 2.32. The van der Waals surface area contributed by atoms with Gasteiger partial charge in [-0.05, 0) is 25.5 Å². The van der Waals surface area contributed by atoms with E-state index in [4.69, 9.17) is 9.15 Å². The summed E-state index contributed by atoms with van der Waals surface area (Å²) in [5.41, 5.74) is 0.606. The quantitative estimate of drug-likeness (QED) is 0.903. The van der Waals surface area contributed by atoms with Crippen molar-refractivity contribution in [2.24, 2.45) is 0 Å². The van der Waals surface area contributed by atoms with Crippen molar-refractivity contribution in [2.45, 2.75) is 26.3 Å². The van der Waals surface area contributed by atoms with Crippen molar-refractivity contribution in [2.75, 3.05) is 7.11 Å². The first-order valence-electron chi connectivity index (χ1n) is 6.03. The van der Waals surface area contributed by atoms with Crippen LogP contribution >= 0.6 is 0 Å². The fourth-order valence-electron chi connectivity index (χ4n) is 1.71. The molecular weight excluding hydrogens is 230 g/mol. The number of hydrogen-bond donors (Lipinski definition) is 1. The Bertz CT molecular complexity index is 559. The van der Waals surface area contributed by atoms with E-state index in [0.717, 1.165) is 11.8 Å². The van der Waals surface area contributed by atoms with Crippen LogP contribution < -0.4 is 10.1 Å². The van der Waals surface area contributed by atoms with Gasteiger partial charge in [-0.3, -0.25) is 4.79 Å². The topological polar surface area (TPSA) is 51.5 Å². The first-order valence-corrected chi connectivity index (χ1v) is 6.03. The third-order valence-corrected chi connectivity index (χ3v) is 2.94. The molecule has 1 aromatic heterocycles. The number of nitrogens with one attached hydrogen (secondary N) is 1. The minimum absolute atomic E-state index is 0.132. The smallest absolute Gasteiger partial charge is 0.287 e. The molecule has 1 N–H and O–H groups in total. The largest absolute Gasteiger partial charge is 0.493 e. The van der Waals surface area contributed by atoms with Gasteiger partial charge >= 0.3 is 0 Å². The van der Waals surface area contributed by atoms with Crippen molar-refractivity contribution < 1.29 is 13.9 Å². The molecule has 1 aromatic carbocycles. The van der Waals surface area contributed by atoms with Gasteiger partial charge in [-0.15, -0.1) is 0 Å². The lowest BCUT2D eigenvalue weighted by Crippen LogP contribution is -2.31. The van der Waals surface area contributed by atoms with E-state index in [0.29, 0.717) is 17.1 Å². The number of ether oxygens (including phenoxy) is 1. The third-order valence-electron chi connectivity index (χ3n) is 2.94. The van der Waals surface area contributed by atoms with E-state index in [-0.39, 0.29) is 11.9 Å². The summed E-state index contributed by atoms with van der Waals surface area (Å²) in [7, 11) is 1.58. The van der Waals surface area contributed by atoms with E-state index in [9.17, 15) is 4.79 Å². The second-order valence-electron chi connectivity index (χ2n) is 4.27. The number of fused-ring (bicyclic) bond motifs is 1. The number of amides is 1.